The van der Waals surface area contributed by atoms with E-state index in [4.69, 9.17) is 0 Å². The van der Waals surface area contributed by atoms with Gasteiger partial charge in [-0.05, 0) is 19.3 Å². The van der Waals surface area contributed by atoms with Crippen LogP contribution in [0.3, 0.4) is 0 Å². The fourth-order valence-corrected chi connectivity index (χ4v) is 2.35. The van der Waals surface area contributed by atoms with Crippen LogP contribution in [-0.4, -0.2) is 54.1 Å². The standard InChI is InChI=1S/C14H22N4O3/c1-2-6-15-13(19)10-18-7-3-11(4-8-18)16-14(20)12-5-9-21-17-12/h5,9,11H,2-4,6-8,10H2,1H3,(H,15,19)(H,16,20). The Hall–Kier alpha value is -1.89. The molecule has 0 radical (unpaired) electrons. The predicted molar refractivity (Wildman–Crippen MR) is 76.7 cm³/mol. The molecule has 1 aliphatic heterocycles. The zero-order valence-electron chi connectivity index (χ0n) is 12.3. The first-order chi connectivity index (χ1) is 10.2. The summed E-state index contributed by atoms with van der Waals surface area (Å²) in [7, 11) is 0. The molecule has 0 aromatic carbocycles. The van der Waals surface area contributed by atoms with Gasteiger partial charge in [-0.25, -0.2) is 0 Å². The lowest BCUT2D eigenvalue weighted by molar-refractivity contribution is -0.122. The summed E-state index contributed by atoms with van der Waals surface area (Å²) in [4.78, 5) is 25.6. The van der Waals surface area contributed by atoms with E-state index >= 15 is 0 Å². The average molecular weight is 294 g/mol. The quantitative estimate of drug-likeness (QED) is 0.793. The highest BCUT2D eigenvalue weighted by Crippen LogP contribution is 2.10. The maximum atomic E-state index is 11.8. The molecule has 7 heteroatoms. The van der Waals surface area contributed by atoms with Gasteiger partial charge < -0.3 is 15.2 Å². The number of rotatable bonds is 6. The number of likely N-dealkylation sites (tertiary alicyclic amines) is 1. The first kappa shape index (κ1) is 15.5. The van der Waals surface area contributed by atoms with E-state index in [1.54, 1.807) is 6.07 Å². The molecule has 0 spiro atoms. The van der Waals surface area contributed by atoms with Gasteiger partial charge in [0.1, 0.15) is 6.26 Å². The van der Waals surface area contributed by atoms with Crippen LogP contribution in [0.4, 0.5) is 0 Å². The fourth-order valence-electron chi connectivity index (χ4n) is 2.35. The maximum absolute atomic E-state index is 11.8. The van der Waals surface area contributed by atoms with Gasteiger partial charge in [0.2, 0.25) is 5.91 Å². The monoisotopic (exact) mass is 294 g/mol. The zero-order valence-corrected chi connectivity index (χ0v) is 12.3. The number of aromatic nitrogens is 1. The summed E-state index contributed by atoms with van der Waals surface area (Å²) in [6.45, 7) is 4.81. The molecule has 2 amide bonds. The molecule has 0 unspecified atom stereocenters. The van der Waals surface area contributed by atoms with E-state index in [-0.39, 0.29) is 17.9 Å². The minimum atomic E-state index is -0.206. The van der Waals surface area contributed by atoms with Gasteiger partial charge in [-0.1, -0.05) is 12.1 Å². The van der Waals surface area contributed by atoms with E-state index in [2.05, 4.69) is 25.2 Å². The van der Waals surface area contributed by atoms with Gasteiger partial charge >= 0.3 is 0 Å². The normalized spacial score (nSPS) is 16.6. The lowest BCUT2D eigenvalue weighted by Crippen LogP contribution is -2.47. The van der Waals surface area contributed by atoms with Gasteiger partial charge in [0.15, 0.2) is 5.69 Å². The highest BCUT2D eigenvalue weighted by molar-refractivity contribution is 5.92. The summed E-state index contributed by atoms with van der Waals surface area (Å²) in [5, 5.41) is 9.43. The van der Waals surface area contributed by atoms with Crippen LogP contribution >= 0.6 is 0 Å². The van der Waals surface area contributed by atoms with Gasteiger partial charge in [-0.3, -0.25) is 14.5 Å². The van der Waals surface area contributed by atoms with Crippen molar-refractivity contribution in [2.45, 2.75) is 32.2 Å². The lowest BCUT2D eigenvalue weighted by Gasteiger charge is -2.31. The minimum absolute atomic E-state index is 0.0712. The molecular formula is C14H22N4O3. The fraction of sp³-hybridized carbons (Fsp3) is 0.643. The molecule has 1 aliphatic rings. The number of piperidine rings is 1. The van der Waals surface area contributed by atoms with E-state index < -0.39 is 0 Å². The van der Waals surface area contributed by atoms with E-state index in [0.717, 1.165) is 38.9 Å². The van der Waals surface area contributed by atoms with Crippen molar-refractivity contribution in [2.24, 2.45) is 0 Å². The number of carbonyl (C=O) groups is 2. The zero-order chi connectivity index (χ0) is 15.1. The smallest absolute Gasteiger partial charge is 0.273 e. The Morgan fingerprint density at radius 2 is 2.19 bits per heavy atom. The summed E-state index contributed by atoms with van der Waals surface area (Å²) in [5.74, 6) is -0.134. The Labute approximate surface area is 124 Å². The summed E-state index contributed by atoms with van der Waals surface area (Å²) >= 11 is 0. The van der Waals surface area contributed by atoms with Crippen LogP contribution in [0.15, 0.2) is 16.9 Å². The minimum Gasteiger partial charge on any atom is -0.364 e. The third kappa shape index (κ3) is 4.86. The van der Waals surface area contributed by atoms with Crippen LogP contribution in [0, 0.1) is 0 Å². The lowest BCUT2D eigenvalue weighted by atomic mass is 10.0. The van der Waals surface area contributed by atoms with Crippen molar-refractivity contribution in [2.75, 3.05) is 26.2 Å². The summed E-state index contributed by atoms with van der Waals surface area (Å²) in [6, 6.07) is 1.67. The molecule has 0 atom stereocenters. The van der Waals surface area contributed by atoms with Crippen LogP contribution in [0.1, 0.15) is 36.7 Å². The van der Waals surface area contributed by atoms with Crippen molar-refractivity contribution < 1.29 is 14.1 Å². The van der Waals surface area contributed by atoms with E-state index in [0.29, 0.717) is 12.2 Å². The Balaban J connectivity index is 1.68. The number of hydrogen-bond acceptors (Lipinski definition) is 5. The molecule has 0 saturated carbocycles. The van der Waals surface area contributed by atoms with Crippen LogP contribution < -0.4 is 10.6 Å². The van der Waals surface area contributed by atoms with E-state index in [1.165, 1.54) is 6.26 Å². The van der Waals surface area contributed by atoms with Crippen LogP contribution in [0.5, 0.6) is 0 Å². The van der Waals surface area contributed by atoms with Crippen LogP contribution in [0.2, 0.25) is 0 Å². The number of nitrogens with one attached hydrogen (secondary N) is 2. The van der Waals surface area contributed by atoms with Gasteiger partial charge in [-0.15, -0.1) is 0 Å². The molecule has 1 aromatic heterocycles. The highest BCUT2D eigenvalue weighted by Gasteiger charge is 2.23. The van der Waals surface area contributed by atoms with Gasteiger partial charge in [0, 0.05) is 31.7 Å². The van der Waals surface area contributed by atoms with Crippen molar-refractivity contribution in [3.8, 4) is 0 Å². The molecule has 7 nitrogen and oxygen atoms in total. The summed E-state index contributed by atoms with van der Waals surface area (Å²) in [6.07, 6.45) is 4.00. The first-order valence-electron chi connectivity index (χ1n) is 7.39. The SMILES string of the molecule is CCCNC(=O)CN1CCC(NC(=O)c2ccon2)CC1. The highest BCUT2D eigenvalue weighted by atomic mass is 16.5. The predicted octanol–water partition coefficient (Wildman–Crippen LogP) is 0.395. The second-order valence-corrected chi connectivity index (χ2v) is 5.26. The molecule has 0 bridgehead atoms. The van der Waals surface area contributed by atoms with E-state index in [9.17, 15) is 9.59 Å². The Morgan fingerprint density at radius 1 is 1.43 bits per heavy atom. The third-order valence-corrected chi connectivity index (χ3v) is 3.53. The van der Waals surface area contributed by atoms with Gasteiger partial charge in [0.25, 0.3) is 5.91 Å². The average Bonchev–Trinajstić information content (AvgIpc) is 3.01. The maximum Gasteiger partial charge on any atom is 0.273 e. The molecule has 2 N–H and O–H groups in total. The molecule has 116 valence electrons. The van der Waals surface area contributed by atoms with Crippen LogP contribution in [0.25, 0.3) is 0 Å². The summed E-state index contributed by atoms with van der Waals surface area (Å²) < 4.78 is 4.65. The van der Waals surface area contributed by atoms with Crippen LogP contribution in [-0.2, 0) is 4.79 Å². The molecule has 1 fully saturated rings. The van der Waals surface area contributed by atoms with Crippen molar-refractivity contribution in [1.29, 1.82) is 0 Å². The molecular weight excluding hydrogens is 272 g/mol. The Bertz CT molecular complexity index is 453. The number of hydrogen-bond donors (Lipinski definition) is 2. The second kappa shape index (κ2) is 7.78. The van der Waals surface area contributed by atoms with Gasteiger partial charge in [0.05, 0.1) is 6.54 Å². The topological polar surface area (TPSA) is 87.5 Å². The Kier molecular flexibility index (Phi) is 5.74. The van der Waals surface area contributed by atoms with Crippen molar-refractivity contribution in [3.05, 3.63) is 18.0 Å². The van der Waals surface area contributed by atoms with E-state index in [1.807, 2.05) is 6.92 Å². The molecule has 2 heterocycles. The molecule has 2 rings (SSSR count). The molecule has 1 saturated heterocycles. The van der Waals surface area contributed by atoms with Crippen molar-refractivity contribution in [1.82, 2.24) is 20.7 Å². The molecule has 0 aliphatic carbocycles. The molecule has 21 heavy (non-hydrogen) atoms. The number of nitrogens with zero attached hydrogens (tertiary/aromatic N) is 2. The second-order valence-electron chi connectivity index (χ2n) is 5.26. The molecule has 1 aromatic rings. The number of amides is 2. The Morgan fingerprint density at radius 3 is 2.81 bits per heavy atom. The summed E-state index contributed by atoms with van der Waals surface area (Å²) in [5.41, 5.74) is 0.302. The van der Waals surface area contributed by atoms with Crippen molar-refractivity contribution >= 4 is 11.8 Å². The largest absolute Gasteiger partial charge is 0.364 e. The third-order valence-electron chi connectivity index (χ3n) is 3.53. The first-order valence-corrected chi connectivity index (χ1v) is 7.39. The number of carbonyl (C=O) groups excluding carboxylic acids is 2. The van der Waals surface area contributed by atoms with Gasteiger partial charge in [-0.2, -0.15) is 0 Å². The van der Waals surface area contributed by atoms with Crippen molar-refractivity contribution in [3.63, 3.8) is 0 Å².